The number of hydrogen-bond donors (Lipinski definition) is 1. The molecule has 32 heavy (non-hydrogen) atoms. The Morgan fingerprint density at radius 1 is 1.00 bits per heavy atom. The summed E-state index contributed by atoms with van der Waals surface area (Å²) in [5, 5.41) is 4.77. The number of benzene rings is 2. The Labute approximate surface area is 186 Å². The molecular weight excluding hydrogens is 422 g/mol. The maximum absolute atomic E-state index is 12.6. The van der Waals surface area contributed by atoms with Gasteiger partial charge in [-0.3, -0.25) is 9.59 Å². The largest absolute Gasteiger partial charge is 0.461 e. The SMILES string of the molecule is O=C(C=c1[nH]c(=O)c(=Cc2cn(-c3ccccc3)nc2-c2ccccc2)s1)c1ccco1. The second-order valence-corrected chi connectivity index (χ2v) is 8.08. The number of para-hydroxylation sites is 1. The number of hydrogen-bond acceptors (Lipinski definition) is 5. The standard InChI is InChI=1S/C25H17N3O3S/c29-20(21-12-7-13-31-21)15-23-26-25(30)22(32-23)14-18-16-28(19-10-5-2-6-11-19)27-24(18)17-8-3-1-4-9-17/h1-16H,(H,26,30). The van der Waals surface area contributed by atoms with Gasteiger partial charge in [0.15, 0.2) is 5.76 Å². The van der Waals surface area contributed by atoms with Crippen molar-refractivity contribution in [3.63, 3.8) is 0 Å². The van der Waals surface area contributed by atoms with Crippen molar-refractivity contribution < 1.29 is 9.21 Å². The van der Waals surface area contributed by atoms with Crippen molar-refractivity contribution in [3.05, 3.63) is 116 Å². The molecule has 0 fully saturated rings. The number of thiazole rings is 1. The first-order valence-corrected chi connectivity index (χ1v) is 10.7. The second-order valence-electron chi connectivity index (χ2n) is 6.99. The van der Waals surface area contributed by atoms with E-state index in [-0.39, 0.29) is 17.1 Å². The number of H-pyrrole nitrogens is 1. The molecule has 0 radical (unpaired) electrons. The Balaban J connectivity index is 1.62. The van der Waals surface area contributed by atoms with Gasteiger partial charge in [-0.2, -0.15) is 5.10 Å². The molecule has 5 rings (SSSR count). The zero-order valence-corrected chi connectivity index (χ0v) is 17.6. The molecule has 6 nitrogen and oxygen atoms in total. The van der Waals surface area contributed by atoms with Crippen LogP contribution in [0, 0.1) is 0 Å². The predicted octanol–water partition coefficient (Wildman–Crippen LogP) is 3.37. The number of nitrogens with one attached hydrogen (secondary N) is 1. The zero-order valence-electron chi connectivity index (χ0n) is 16.8. The predicted molar refractivity (Wildman–Crippen MR) is 124 cm³/mol. The van der Waals surface area contributed by atoms with Gasteiger partial charge in [0, 0.05) is 23.4 Å². The minimum atomic E-state index is -0.305. The highest BCUT2D eigenvalue weighted by Crippen LogP contribution is 2.24. The monoisotopic (exact) mass is 439 g/mol. The molecule has 0 aliphatic carbocycles. The molecule has 1 N–H and O–H groups in total. The molecular formula is C25H17N3O3S. The molecule has 7 heteroatoms. The number of rotatable bonds is 5. The Morgan fingerprint density at radius 3 is 2.47 bits per heavy atom. The number of Topliss-reactive ketones (excluding diaryl/α,β-unsaturated/α-hetero) is 1. The average Bonchev–Trinajstić information content (AvgIpc) is 3.56. The minimum Gasteiger partial charge on any atom is -0.461 e. The number of nitrogens with zero attached hydrogens (tertiary/aromatic N) is 2. The molecule has 156 valence electrons. The summed E-state index contributed by atoms with van der Waals surface area (Å²) < 4.78 is 7.86. The summed E-state index contributed by atoms with van der Waals surface area (Å²) in [6, 6.07) is 22.8. The van der Waals surface area contributed by atoms with Gasteiger partial charge in [0.05, 0.1) is 26.8 Å². The lowest BCUT2D eigenvalue weighted by Gasteiger charge is -2.00. The van der Waals surface area contributed by atoms with Crippen LogP contribution >= 0.6 is 11.3 Å². The molecule has 0 bridgehead atoms. The van der Waals surface area contributed by atoms with Crippen LogP contribution < -0.4 is 14.8 Å². The third-order valence-corrected chi connectivity index (χ3v) is 5.77. The van der Waals surface area contributed by atoms with E-state index < -0.39 is 0 Å². The van der Waals surface area contributed by atoms with Gasteiger partial charge < -0.3 is 9.40 Å². The lowest BCUT2D eigenvalue weighted by Crippen LogP contribution is -2.20. The summed E-state index contributed by atoms with van der Waals surface area (Å²) in [5.41, 5.74) is 3.17. The van der Waals surface area contributed by atoms with Gasteiger partial charge in [0.2, 0.25) is 5.78 Å². The van der Waals surface area contributed by atoms with E-state index in [1.54, 1.807) is 22.9 Å². The third kappa shape index (κ3) is 4.01. The molecule has 5 aromatic rings. The highest BCUT2D eigenvalue weighted by atomic mass is 32.1. The minimum absolute atomic E-state index is 0.222. The number of carbonyl (C=O) groups is 1. The van der Waals surface area contributed by atoms with Crippen molar-refractivity contribution >= 4 is 29.3 Å². The van der Waals surface area contributed by atoms with Crippen LogP contribution in [-0.2, 0) is 0 Å². The Hall–Kier alpha value is -4.23. The number of aromatic nitrogens is 3. The summed E-state index contributed by atoms with van der Waals surface area (Å²) in [5.74, 6) is -0.0822. The van der Waals surface area contributed by atoms with Crippen molar-refractivity contribution in [1.29, 1.82) is 0 Å². The first-order valence-electron chi connectivity index (χ1n) is 9.88. The van der Waals surface area contributed by atoms with Crippen LogP contribution in [0.2, 0.25) is 0 Å². The third-order valence-electron chi connectivity index (χ3n) is 4.80. The molecule has 0 saturated heterocycles. The second kappa shape index (κ2) is 8.49. The summed E-state index contributed by atoms with van der Waals surface area (Å²) >= 11 is 1.21. The van der Waals surface area contributed by atoms with Crippen molar-refractivity contribution in [3.8, 4) is 16.9 Å². The molecule has 0 spiro atoms. The summed E-state index contributed by atoms with van der Waals surface area (Å²) in [6.07, 6.45) is 6.50. The zero-order chi connectivity index (χ0) is 21.9. The number of furan rings is 1. The molecule has 0 aliphatic heterocycles. The van der Waals surface area contributed by atoms with Crippen molar-refractivity contribution in [2.45, 2.75) is 0 Å². The fourth-order valence-electron chi connectivity index (χ4n) is 3.30. The van der Waals surface area contributed by atoms with Crippen molar-refractivity contribution in [1.82, 2.24) is 14.8 Å². The van der Waals surface area contributed by atoms with Gasteiger partial charge in [0.1, 0.15) is 0 Å². The van der Waals surface area contributed by atoms with Crippen LogP contribution in [-0.4, -0.2) is 20.5 Å². The average molecular weight is 439 g/mol. The van der Waals surface area contributed by atoms with E-state index in [0.29, 0.717) is 9.20 Å². The highest BCUT2D eigenvalue weighted by molar-refractivity contribution is 7.07. The molecule has 0 amide bonds. The van der Waals surface area contributed by atoms with E-state index in [2.05, 4.69) is 4.98 Å². The van der Waals surface area contributed by atoms with E-state index in [1.807, 2.05) is 66.9 Å². The summed E-state index contributed by atoms with van der Waals surface area (Å²) in [4.78, 5) is 27.6. The fourth-order valence-corrected chi connectivity index (χ4v) is 4.18. The van der Waals surface area contributed by atoms with Crippen LogP contribution in [0.4, 0.5) is 0 Å². The highest BCUT2D eigenvalue weighted by Gasteiger charge is 2.11. The molecule has 3 aromatic heterocycles. The van der Waals surface area contributed by atoms with Crippen LogP contribution in [0.3, 0.4) is 0 Å². The molecule has 0 unspecified atom stereocenters. The Morgan fingerprint density at radius 2 is 1.75 bits per heavy atom. The molecule has 0 saturated carbocycles. The Bertz CT molecular complexity index is 1540. The van der Waals surface area contributed by atoms with Crippen LogP contribution in [0.1, 0.15) is 16.1 Å². The summed E-state index contributed by atoms with van der Waals surface area (Å²) in [6.45, 7) is 0. The van der Waals surface area contributed by atoms with Gasteiger partial charge in [-0.05, 0) is 30.3 Å². The first-order chi connectivity index (χ1) is 15.7. The maximum atomic E-state index is 12.6. The molecule has 2 aromatic carbocycles. The van der Waals surface area contributed by atoms with Crippen molar-refractivity contribution in [2.75, 3.05) is 0 Å². The van der Waals surface area contributed by atoms with Gasteiger partial charge in [-0.1, -0.05) is 48.5 Å². The number of ketones is 1. The van der Waals surface area contributed by atoms with Crippen LogP contribution in [0.15, 0.2) is 94.5 Å². The number of carbonyl (C=O) groups excluding carboxylic acids is 1. The number of aromatic amines is 1. The lowest BCUT2D eigenvalue weighted by atomic mass is 10.1. The van der Waals surface area contributed by atoms with Gasteiger partial charge >= 0.3 is 0 Å². The van der Waals surface area contributed by atoms with Gasteiger partial charge in [0.25, 0.3) is 5.56 Å². The lowest BCUT2D eigenvalue weighted by molar-refractivity contribution is 0.103. The fraction of sp³-hybridized carbons (Fsp3) is 0. The molecule has 0 aliphatic rings. The van der Waals surface area contributed by atoms with Crippen LogP contribution in [0.5, 0.6) is 0 Å². The molecule has 0 atom stereocenters. The summed E-state index contributed by atoms with van der Waals surface area (Å²) in [7, 11) is 0. The van der Waals surface area contributed by atoms with Gasteiger partial charge in [-0.15, -0.1) is 11.3 Å². The normalized spacial score (nSPS) is 12.4. The quantitative estimate of drug-likeness (QED) is 0.426. The van der Waals surface area contributed by atoms with E-state index in [9.17, 15) is 9.59 Å². The molecule has 3 heterocycles. The van der Waals surface area contributed by atoms with E-state index in [1.165, 1.54) is 23.7 Å². The van der Waals surface area contributed by atoms with Crippen molar-refractivity contribution in [2.24, 2.45) is 0 Å². The van der Waals surface area contributed by atoms with E-state index in [4.69, 9.17) is 9.52 Å². The maximum Gasteiger partial charge on any atom is 0.266 e. The first kappa shape index (κ1) is 19.7. The smallest absolute Gasteiger partial charge is 0.266 e. The van der Waals surface area contributed by atoms with E-state index >= 15 is 0 Å². The topological polar surface area (TPSA) is 80.9 Å². The Kier molecular flexibility index (Phi) is 5.23. The van der Waals surface area contributed by atoms with Gasteiger partial charge in [-0.25, -0.2) is 4.68 Å². The van der Waals surface area contributed by atoms with E-state index in [0.717, 1.165) is 22.5 Å². The van der Waals surface area contributed by atoms with Crippen LogP contribution in [0.25, 0.3) is 29.1 Å².